The summed E-state index contributed by atoms with van der Waals surface area (Å²) < 4.78 is 56.4. The Morgan fingerprint density at radius 1 is 0.969 bits per heavy atom. The van der Waals surface area contributed by atoms with Gasteiger partial charge in [-0.25, -0.2) is 0 Å². The molecule has 1 rings (SSSR count). The highest BCUT2D eigenvalue weighted by Crippen LogP contribution is 2.42. The van der Waals surface area contributed by atoms with Gasteiger partial charge in [0.05, 0.1) is 20.1 Å². The van der Waals surface area contributed by atoms with Crippen LogP contribution >= 0.6 is 0 Å². The number of hydrogen-bond donors (Lipinski definition) is 1. The van der Waals surface area contributed by atoms with Gasteiger partial charge in [0, 0.05) is 25.1 Å². The van der Waals surface area contributed by atoms with Crippen LogP contribution in [0.4, 0.5) is 13.2 Å². The fourth-order valence-electron chi connectivity index (χ4n) is 3.40. The van der Waals surface area contributed by atoms with Crippen molar-refractivity contribution in [3.63, 3.8) is 0 Å². The number of hydrogen-bond acceptors (Lipinski definition) is 6. The van der Waals surface area contributed by atoms with E-state index in [-0.39, 0.29) is 24.4 Å². The number of benzene rings is 1. The van der Waals surface area contributed by atoms with Crippen molar-refractivity contribution in [2.75, 3.05) is 21.3 Å². The van der Waals surface area contributed by atoms with E-state index in [0.717, 1.165) is 26.4 Å². The van der Waals surface area contributed by atoms with Gasteiger partial charge in [-0.15, -0.1) is 0 Å². The molecule has 1 amide bonds. The van der Waals surface area contributed by atoms with Gasteiger partial charge in [0.15, 0.2) is 0 Å². The third kappa shape index (κ3) is 6.69. The molecule has 0 spiro atoms. The molecule has 0 saturated carbocycles. The third-order valence-electron chi connectivity index (χ3n) is 5.32. The molecule has 1 aromatic rings. The van der Waals surface area contributed by atoms with Gasteiger partial charge >= 0.3 is 18.1 Å². The minimum atomic E-state index is -5.06. The van der Waals surface area contributed by atoms with Crippen LogP contribution in [0.5, 0.6) is 0 Å². The first-order chi connectivity index (χ1) is 15.0. The van der Waals surface area contributed by atoms with Crippen LogP contribution in [0.1, 0.15) is 44.6 Å². The summed E-state index contributed by atoms with van der Waals surface area (Å²) in [5, 5.41) is 2.36. The predicted octanol–water partition coefficient (Wildman–Crippen LogP) is 3.51. The number of rotatable bonds is 12. The SMILES string of the molecule is COC(=O)CCCCC[C@H](NC(=O)[C@](OC)(c1ccccc1)C(F)(F)F)[C@@H](C)C(=O)OC. The number of nitrogens with one attached hydrogen (secondary N) is 1. The molecular weight excluding hydrogens is 431 g/mol. The van der Waals surface area contributed by atoms with Gasteiger partial charge in [0.1, 0.15) is 0 Å². The Morgan fingerprint density at radius 3 is 2.09 bits per heavy atom. The molecule has 7 nitrogen and oxygen atoms in total. The van der Waals surface area contributed by atoms with Crippen LogP contribution in [0.3, 0.4) is 0 Å². The molecule has 0 heterocycles. The molecule has 1 N–H and O–H groups in total. The van der Waals surface area contributed by atoms with Gasteiger partial charge in [0.25, 0.3) is 11.5 Å². The van der Waals surface area contributed by atoms with Crippen molar-refractivity contribution in [2.24, 2.45) is 5.92 Å². The normalized spacial score (nSPS) is 15.2. The minimum Gasteiger partial charge on any atom is -0.469 e. The zero-order valence-corrected chi connectivity index (χ0v) is 18.7. The molecule has 180 valence electrons. The maximum atomic E-state index is 14.1. The molecule has 1 aromatic carbocycles. The standard InChI is InChI=1S/C22H30F3NO6/c1-15(19(28)31-3)17(13-9-6-10-14-18(27)30-2)26-20(29)21(32-4,22(23,24)25)16-11-7-5-8-12-16/h5,7-8,11-12,15,17H,6,9-10,13-14H2,1-4H3,(H,26,29)/t15-,17+,21-/m1/s1. The lowest BCUT2D eigenvalue weighted by Crippen LogP contribution is -2.58. The first-order valence-corrected chi connectivity index (χ1v) is 10.2. The minimum absolute atomic E-state index is 0.203. The highest BCUT2D eigenvalue weighted by molar-refractivity contribution is 5.88. The zero-order valence-electron chi connectivity index (χ0n) is 18.7. The highest BCUT2D eigenvalue weighted by atomic mass is 19.4. The second-order valence-corrected chi connectivity index (χ2v) is 7.32. The summed E-state index contributed by atoms with van der Waals surface area (Å²) in [4.78, 5) is 36.3. The van der Waals surface area contributed by atoms with Crippen molar-refractivity contribution < 1.29 is 41.8 Å². The number of amides is 1. The molecule has 0 aromatic heterocycles. The van der Waals surface area contributed by atoms with E-state index in [9.17, 15) is 27.6 Å². The Kier molecular flexibility index (Phi) is 10.6. The topological polar surface area (TPSA) is 90.9 Å². The fourth-order valence-corrected chi connectivity index (χ4v) is 3.40. The highest BCUT2D eigenvalue weighted by Gasteiger charge is 2.63. The third-order valence-corrected chi connectivity index (χ3v) is 5.32. The number of methoxy groups -OCH3 is 3. The van der Waals surface area contributed by atoms with Crippen LogP contribution in [0.2, 0.25) is 0 Å². The number of unbranched alkanes of at least 4 members (excludes halogenated alkanes) is 2. The molecule has 10 heteroatoms. The maximum Gasteiger partial charge on any atom is 0.430 e. The van der Waals surface area contributed by atoms with E-state index >= 15 is 0 Å². The zero-order chi connectivity index (χ0) is 24.4. The van der Waals surface area contributed by atoms with Crippen LogP contribution in [0, 0.1) is 5.92 Å². The van der Waals surface area contributed by atoms with Crippen molar-refractivity contribution in [2.45, 2.75) is 56.8 Å². The lowest BCUT2D eigenvalue weighted by Gasteiger charge is -2.35. The summed E-state index contributed by atoms with van der Waals surface area (Å²) in [6, 6.07) is 5.64. The van der Waals surface area contributed by atoms with Crippen molar-refractivity contribution in [1.29, 1.82) is 0 Å². The molecule has 3 atom stereocenters. The van der Waals surface area contributed by atoms with Crippen LogP contribution in [-0.4, -0.2) is 51.4 Å². The van der Waals surface area contributed by atoms with E-state index in [1.54, 1.807) is 0 Å². The van der Waals surface area contributed by atoms with Crippen molar-refractivity contribution >= 4 is 17.8 Å². The molecular formula is C22H30F3NO6. The van der Waals surface area contributed by atoms with Crippen molar-refractivity contribution in [3.05, 3.63) is 35.9 Å². The largest absolute Gasteiger partial charge is 0.469 e. The van der Waals surface area contributed by atoms with E-state index in [4.69, 9.17) is 9.47 Å². The first-order valence-electron chi connectivity index (χ1n) is 10.2. The Hall–Kier alpha value is -2.62. The molecule has 0 fully saturated rings. The molecule has 0 radical (unpaired) electrons. The second kappa shape index (κ2) is 12.4. The van der Waals surface area contributed by atoms with E-state index in [1.807, 2.05) is 0 Å². The Balaban J connectivity index is 3.10. The molecule has 0 saturated heterocycles. The summed E-state index contributed by atoms with van der Waals surface area (Å²) in [5.41, 5.74) is -3.62. The lowest BCUT2D eigenvalue weighted by atomic mass is 9.89. The van der Waals surface area contributed by atoms with Crippen LogP contribution in [-0.2, 0) is 34.2 Å². The Labute approximate surface area is 185 Å². The summed E-state index contributed by atoms with van der Waals surface area (Å²) in [6.07, 6.45) is -3.13. The van der Waals surface area contributed by atoms with E-state index in [0.29, 0.717) is 19.3 Å². The van der Waals surface area contributed by atoms with Gasteiger partial charge in [-0.3, -0.25) is 14.4 Å². The predicted molar refractivity (Wildman–Crippen MR) is 109 cm³/mol. The van der Waals surface area contributed by atoms with Crippen molar-refractivity contribution in [1.82, 2.24) is 5.32 Å². The van der Waals surface area contributed by atoms with E-state index in [2.05, 4.69) is 10.1 Å². The molecule has 0 aliphatic heterocycles. The van der Waals surface area contributed by atoms with Gasteiger partial charge in [0.2, 0.25) is 0 Å². The maximum absolute atomic E-state index is 14.1. The van der Waals surface area contributed by atoms with Crippen molar-refractivity contribution in [3.8, 4) is 0 Å². The average molecular weight is 461 g/mol. The van der Waals surface area contributed by atoms with Gasteiger partial charge in [-0.05, 0) is 19.8 Å². The van der Waals surface area contributed by atoms with E-state index in [1.165, 1.54) is 32.2 Å². The van der Waals surface area contributed by atoms with Gasteiger partial charge < -0.3 is 19.5 Å². The molecule has 0 aliphatic rings. The Bertz CT molecular complexity index is 756. The van der Waals surface area contributed by atoms with Gasteiger partial charge in [-0.1, -0.05) is 43.2 Å². The average Bonchev–Trinajstić information content (AvgIpc) is 2.77. The monoisotopic (exact) mass is 461 g/mol. The molecule has 32 heavy (non-hydrogen) atoms. The summed E-state index contributed by atoms with van der Waals surface area (Å²) in [6.45, 7) is 1.47. The number of carbonyl (C=O) groups is 3. The molecule has 0 unspecified atom stereocenters. The Morgan fingerprint density at radius 2 is 1.59 bits per heavy atom. The molecule has 0 bridgehead atoms. The number of carbonyl (C=O) groups excluding carboxylic acids is 3. The summed E-state index contributed by atoms with van der Waals surface area (Å²) in [5.74, 6) is -3.35. The van der Waals surface area contributed by atoms with Crippen LogP contribution in [0.25, 0.3) is 0 Å². The number of ether oxygens (including phenoxy) is 3. The quantitative estimate of drug-likeness (QED) is 0.378. The first kappa shape index (κ1) is 27.4. The number of alkyl halides is 3. The number of esters is 2. The van der Waals surface area contributed by atoms with E-state index < -0.39 is 35.6 Å². The van der Waals surface area contributed by atoms with Crippen LogP contribution in [0.15, 0.2) is 30.3 Å². The summed E-state index contributed by atoms with van der Waals surface area (Å²) >= 11 is 0. The fraction of sp³-hybridized carbons (Fsp3) is 0.591. The van der Waals surface area contributed by atoms with Crippen LogP contribution < -0.4 is 5.32 Å². The smallest absolute Gasteiger partial charge is 0.430 e. The number of halogens is 3. The lowest BCUT2D eigenvalue weighted by molar-refractivity contribution is -0.266. The second-order valence-electron chi connectivity index (χ2n) is 7.32. The van der Waals surface area contributed by atoms with Gasteiger partial charge in [-0.2, -0.15) is 13.2 Å². The summed E-state index contributed by atoms with van der Waals surface area (Å²) in [7, 11) is 3.25. The molecule has 0 aliphatic carbocycles.